The fourth-order valence-corrected chi connectivity index (χ4v) is 1.54. The van der Waals surface area contributed by atoms with E-state index in [1.165, 1.54) is 18.2 Å². The summed E-state index contributed by atoms with van der Waals surface area (Å²) in [7, 11) is 0. The van der Waals surface area contributed by atoms with Crippen LogP contribution in [0.25, 0.3) is 0 Å². The third kappa shape index (κ3) is 3.23. The average molecular weight is 243 g/mol. The minimum absolute atomic E-state index is 0.0916. The molecule has 0 saturated heterocycles. The Morgan fingerprint density at radius 1 is 1.53 bits per heavy atom. The molecule has 17 heavy (non-hydrogen) atoms. The van der Waals surface area contributed by atoms with E-state index >= 15 is 0 Å². The minimum atomic E-state index is -1.95. The Bertz CT molecular complexity index is 409. The van der Waals surface area contributed by atoms with Crippen molar-refractivity contribution in [2.75, 3.05) is 6.61 Å². The number of nitrogens with two attached hydrogens (primary N) is 1. The Hall–Kier alpha value is -1.49. The van der Waals surface area contributed by atoms with Crippen molar-refractivity contribution in [1.29, 1.82) is 0 Å². The van der Waals surface area contributed by atoms with E-state index in [1.807, 2.05) is 0 Å². The number of rotatable bonds is 4. The van der Waals surface area contributed by atoms with Crippen molar-refractivity contribution in [2.24, 2.45) is 5.73 Å². The van der Waals surface area contributed by atoms with Crippen LogP contribution in [0.4, 0.5) is 8.78 Å². The maximum absolute atomic E-state index is 13.6. The summed E-state index contributed by atoms with van der Waals surface area (Å²) >= 11 is 0. The Kier molecular flexibility index (Phi) is 4.57. The van der Waals surface area contributed by atoms with Crippen LogP contribution >= 0.6 is 0 Å². The summed E-state index contributed by atoms with van der Waals surface area (Å²) < 4.78 is 31.1. The molecule has 0 aromatic heterocycles. The van der Waals surface area contributed by atoms with Crippen LogP contribution in [0.1, 0.15) is 24.1 Å². The molecule has 2 atom stereocenters. The van der Waals surface area contributed by atoms with Gasteiger partial charge in [0, 0.05) is 0 Å². The van der Waals surface area contributed by atoms with E-state index in [-0.39, 0.29) is 6.61 Å². The molecule has 0 fully saturated rings. The van der Waals surface area contributed by atoms with Crippen LogP contribution in [0, 0.1) is 12.7 Å². The molecule has 0 bridgehead atoms. The molecule has 94 valence electrons. The third-order valence-electron chi connectivity index (χ3n) is 2.42. The lowest BCUT2D eigenvalue weighted by Crippen LogP contribution is -2.32. The summed E-state index contributed by atoms with van der Waals surface area (Å²) in [6.45, 7) is 3.28. The van der Waals surface area contributed by atoms with Gasteiger partial charge < -0.3 is 10.5 Å². The fourth-order valence-electron chi connectivity index (χ4n) is 1.54. The molecule has 1 aromatic rings. The zero-order valence-corrected chi connectivity index (χ0v) is 9.74. The number of carbonyl (C=O) groups is 1. The number of ether oxygens (including phenoxy) is 1. The molecular formula is C12H15F2NO2. The standard InChI is InChI=1S/C12H15F2NO2/c1-3-17-12(16)10(14)11(15)9-5-4-8(13)6-7(9)2/h4-6,10-11H,3,15H2,1-2H3/t10?,11-/m0/s1. The van der Waals surface area contributed by atoms with Gasteiger partial charge in [-0.2, -0.15) is 0 Å². The maximum atomic E-state index is 13.6. The Morgan fingerprint density at radius 3 is 2.71 bits per heavy atom. The third-order valence-corrected chi connectivity index (χ3v) is 2.42. The molecule has 0 amide bonds. The topological polar surface area (TPSA) is 52.3 Å². The highest BCUT2D eigenvalue weighted by Crippen LogP contribution is 2.22. The predicted molar refractivity (Wildman–Crippen MR) is 59.6 cm³/mol. The second kappa shape index (κ2) is 5.72. The summed E-state index contributed by atoms with van der Waals surface area (Å²) in [6.07, 6.45) is -1.95. The van der Waals surface area contributed by atoms with Crippen molar-refractivity contribution in [3.8, 4) is 0 Å². The lowest BCUT2D eigenvalue weighted by atomic mass is 9.98. The Labute approximate surface area is 98.6 Å². The van der Waals surface area contributed by atoms with E-state index in [2.05, 4.69) is 4.74 Å². The van der Waals surface area contributed by atoms with Gasteiger partial charge in [0.2, 0.25) is 6.17 Å². The van der Waals surface area contributed by atoms with Crippen molar-refractivity contribution in [2.45, 2.75) is 26.1 Å². The molecule has 1 unspecified atom stereocenters. The number of carbonyl (C=O) groups excluding carboxylic acids is 1. The van der Waals surface area contributed by atoms with Gasteiger partial charge in [0.25, 0.3) is 0 Å². The highest BCUT2D eigenvalue weighted by molar-refractivity contribution is 5.75. The van der Waals surface area contributed by atoms with Crippen molar-refractivity contribution in [3.63, 3.8) is 0 Å². The van der Waals surface area contributed by atoms with Crippen LogP contribution in [0.3, 0.4) is 0 Å². The van der Waals surface area contributed by atoms with Gasteiger partial charge in [-0.15, -0.1) is 0 Å². The fraction of sp³-hybridized carbons (Fsp3) is 0.417. The van der Waals surface area contributed by atoms with Gasteiger partial charge in [0.15, 0.2) is 0 Å². The van der Waals surface area contributed by atoms with Gasteiger partial charge in [0.1, 0.15) is 5.82 Å². The minimum Gasteiger partial charge on any atom is -0.464 e. The lowest BCUT2D eigenvalue weighted by molar-refractivity contribution is -0.149. The molecule has 3 nitrogen and oxygen atoms in total. The molecule has 0 aliphatic heterocycles. The number of hydrogen-bond acceptors (Lipinski definition) is 3. The molecule has 0 saturated carbocycles. The van der Waals surface area contributed by atoms with Gasteiger partial charge in [-0.3, -0.25) is 0 Å². The molecule has 0 spiro atoms. The van der Waals surface area contributed by atoms with Gasteiger partial charge in [0.05, 0.1) is 12.6 Å². The molecule has 1 aromatic carbocycles. The molecular weight excluding hydrogens is 228 g/mol. The van der Waals surface area contributed by atoms with Crippen LogP contribution in [0.15, 0.2) is 18.2 Å². The monoisotopic (exact) mass is 243 g/mol. The van der Waals surface area contributed by atoms with Gasteiger partial charge >= 0.3 is 5.97 Å². The molecule has 2 N–H and O–H groups in total. The summed E-state index contributed by atoms with van der Waals surface area (Å²) in [5.74, 6) is -1.42. The zero-order valence-electron chi connectivity index (χ0n) is 9.74. The first-order chi connectivity index (χ1) is 7.97. The summed E-state index contributed by atoms with van der Waals surface area (Å²) in [5.41, 5.74) is 6.52. The summed E-state index contributed by atoms with van der Waals surface area (Å²) in [5, 5.41) is 0. The highest BCUT2D eigenvalue weighted by atomic mass is 19.1. The van der Waals surface area contributed by atoms with Crippen LogP contribution in [0.5, 0.6) is 0 Å². The van der Waals surface area contributed by atoms with Gasteiger partial charge in [-0.1, -0.05) is 6.07 Å². The van der Waals surface area contributed by atoms with E-state index < -0.39 is 24.0 Å². The first-order valence-corrected chi connectivity index (χ1v) is 5.29. The lowest BCUT2D eigenvalue weighted by Gasteiger charge is -2.17. The SMILES string of the molecule is CCOC(=O)C(F)[C@@H](N)c1ccc(F)cc1C. The quantitative estimate of drug-likeness (QED) is 0.823. The second-order valence-electron chi connectivity index (χ2n) is 3.68. The van der Waals surface area contributed by atoms with Crippen molar-refractivity contribution in [3.05, 3.63) is 35.1 Å². The molecule has 5 heteroatoms. The van der Waals surface area contributed by atoms with Gasteiger partial charge in [-0.05, 0) is 37.1 Å². The second-order valence-corrected chi connectivity index (χ2v) is 3.68. The van der Waals surface area contributed by atoms with E-state index in [0.717, 1.165) is 0 Å². The number of hydrogen-bond donors (Lipinski definition) is 1. The van der Waals surface area contributed by atoms with Crippen molar-refractivity contribution in [1.82, 2.24) is 0 Å². The molecule has 0 aliphatic carbocycles. The van der Waals surface area contributed by atoms with Crippen molar-refractivity contribution < 1.29 is 18.3 Å². The first kappa shape index (κ1) is 13.6. The van der Waals surface area contributed by atoms with Crippen LogP contribution < -0.4 is 5.73 Å². The average Bonchev–Trinajstić information content (AvgIpc) is 2.27. The Morgan fingerprint density at radius 2 is 2.18 bits per heavy atom. The van der Waals surface area contributed by atoms with Crippen LogP contribution in [-0.2, 0) is 9.53 Å². The number of halogens is 2. The normalized spacial score (nSPS) is 14.2. The number of aryl methyl sites for hydroxylation is 1. The van der Waals surface area contributed by atoms with E-state index in [4.69, 9.17) is 5.73 Å². The molecule has 0 heterocycles. The largest absolute Gasteiger partial charge is 0.464 e. The van der Waals surface area contributed by atoms with E-state index in [1.54, 1.807) is 13.8 Å². The smallest absolute Gasteiger partial charge is 0.342 e. The maximum Gasteiger partial charge on any atom is 0.342 e. The van der Waals surface area contributed by atoms with Crippen LogP contribution in [-0.4, -0.2) is 18.7 Å². The predicted octanol–water partition coefficient (Wildman–Crippen LogP) is 2.04. The summed E-state index contributed by atoms with van der Waals surface area (Å²) in [6, 6.07) is 2.66. The summed E-state index contributed by atoms with van der Waals surface area (Å²) in [4.78, 5) is 11.2. The van der Waals surface area contributed by atoms with E-state index in [0.29, 0.717) is 11.1 Å². The number of alkyl halides is 1. The van der Waals surface area contributed by atoms with Crippen LogP contribution in [0.2, 0.25) is 0 Å². The number of benzene rings is 1. The Balaban J connectivity index is 2.88. The van der Waals surface area contributed by atoms with Crippen molar-refractivity contribution >= 4 is 5.97 Å². The number of esters is 1. The van der Waals surface area contributed by atoms with E-state index in [9.17, 15) is 13.6 Å². The molecule has 0 aliphatic rings. The molecule has 1 rings (SSSR count). The molecule has 0 radical (unpaired) electrons. The van der Waals surface area contributed by atoms with Gasteiger partial charge in [-0.25, -0.2) is 13.6 Å². The highest BCUT2D eigenvalue weighted by Gasteiger charge is 2.28. The zero-order chi connectivity index (χ0) is 13.0. The first-order valence-electron chi connectivity index (χ1n) is 5.29.